The number of nitrogens with one attached hydrogen (secondary N) is 2. The molecule has 3 atom stereocenters. The molecule has 0 spiro atoms. The van der Waals surface area contributed by atoms with Crippen molar-refractivity contribution in [1.29, 1.82) is 0 Å². The summed E-state index contributed by atoms with van der Waals surface area (Å²) in [5.41, 5.74) is 5.96. The van der Waals surface area contributed by atoms with E-state index in [1.165, 1.54) is 36.1 Å². The first-order valence-electron chi connectivity index (χ1n) is 8.97. The van der Waals surface area contributed by atoms with E-state index in [2.05, 4.69) is 20.8 Å². The number of rotatable bonds is 7. The molecule has 3 heterocycles. The Bertz CT molecular complexity index is 1000. The van der Waals surface area contributed by atoms with Crippen LogP contribution in [0.3, 0.4) is 0 Å². The van der Waals surface area contributed by atoms with Crippen LogP contribution in [0.5, 0.6) is 0 Å². The quantitative estimate of drug-likeness (QED) is 0.234. The molecule has 31 heavy (non-hydrogen) atoms. The van der Waals surface area contributed by atoms with Crippen LogP contribution in [0.25, 0.3) is 0 Å². The molecular formula is C17H20N6O6S2. The van der Waals surface area contributed by atoms with Gasteiger partial charge in [0.05, 0.1) is 6.04 Å². The Balaban J connectivity index is 1.74. The highest BCUT2D eigenvalue weighted by Gasteiger charge is 2.54. The largest absolute Gasteiger partial charge is 0.477 e. The van der Waals surface area contributed by atoms with E-state index < -0.39 is 41.1 Å². The van der Waals surface area contributed by atoms with Crippen LogP contribution in [0.1, 0.15) is 19.5 Å². The number of fused-ring (bicyclic) bond motifs is 1. The van der Waals surface area contributed by atoms with Crippen LogP contribution in [-0.2, 0) is 24.0 Å². The number of β-lactam (4-membered cyclic amide) rings is 1. The summed E-state index contributed by atoms with van der Waals surface area (Å²) in [7, 11) is 1.25. The molecule has 1 saturated heterocycles. The summed E-state index contributed by atoms with van der Waals surface area (Å²) < 4.78 is 0. The minimum atomic E-state index is -1.19. The van der Waals surface area contributed by atoms with Gasteiger partial charge < -0.3 is 26.3 Å². The Hall–Kier alpha value is -2.97. The lowest BCUT2D eigenvalue weighted by atomic mass is 10.0. The standard InChI is InChI=1S/C17H20N6O6S2/c1-6-4-30-15-10(14(26)23(15)11(6)16(27)28)20-13(25)9(22-29-3)8-5-31-17(19-8)21-12(24)7(2)18/h5,7,10,15H,4,18H2,1-3H3,(H,20,25)(H,27,28)(H,19,21,24)/b22-9-/t7-,10?,15+/m0/s1. The third-order valence-corrected chi connectivity index (χ3v) is 6.62. The number of carbonyl (C=O) groups is 4. The first-order chi connectivity index (χ1) is 14.6. The molecule has 12 nitrogen and oxygen atoms in total. The van der Waals surface area contributed by atoms with E-state index in [0.717, 1.165) is 11.3 Å². The number of aromatic nitrogens is 1. The van der Waals surface area contributed by atoms with Crippen molar-refractivity contribution in [3.05, 3.63) is 22.3 Å². The average molecular weight is 469 g/mol. The molecule has 1 unspecified atom stereocenters. The Morgan fingerprint density at radius 3 is 2.77 bits per heavy atom. The monoisotopic (exact) mass is 468 g/mol. The van der Waals surface area contributed by atoms with Crippen LogP contribution in [0.2, 0.25) is 0 Å². The van der Waals surface area contributed by atoms with E-state index in [-0.39, 0.29) is 22.2 Å². The normalized spacial score (nSPS) is 21.7. The van der Waals surface area contributed by atoms with Crippen molar-refractivity contribution in [2.45, 2.75) is 31.3 Å². The maximum atomic E-state index is 12.8. The van der Waals surface area contributed by atoms with Crippen molar-refractivity contribution >= 4 is 57.6 Å². The van der Waals surface area contributed by atoms with Gasteiger partial charge >= 0.3 is 5.97 Å². The summed E-state index contributed by atoms with van der Waals surface area (Å²) in [6.45, 7) is 3.17. The number of hydrogen-bond donors (Lipinski definition) is 4. The molecule has 0 radical (unpaired) electrons. The molecule has 3 rings (SSSR count). The van der Waals surface area contributed by atoms with Crippen molar-refractivity contribution < 1.29 is 29.1 Å². The minimum Gasteiger partial charge on any atom is -0.477 e. The Morgan fingerprint density at radius 1 is 1.45 bits per heavy atom. The molecule has 1 fully saturated rings. The van der Waals surface area contributed by atoms with Gasteiger partial charge in [0.15, 0.2) is 10.8 Å². The van der Waals surface area contributed by atoms with Crippen molar-refractivity contribution in [2.24, 2.45) is 10.9 Å². The zero-order chi connectivity index (χ0) is 22.9. The summed E-state index contributed by atoms with van der Waals surface area (Å²) in [4.78, 5) is 58.6. The van der Waals surface area contributed by atoms with Crippen LogP contribution in [0, 0.1) is 0 Å². The van der Waals surface area contributed by atoms with Crippen LogP contribution in [0.15, 0.2) is 21.8 Å². The van der Waals surface area contributed by atoms with Crippen LogP contribution in [-0.4, -0.2) is 74.7 Å². The number of anilines is 1. The number of thiazole rings is 1. The molecular weight excluding hydrogens is 448 g/mol. The third-order valence-electron chi connectivity index (χ3n) is 4.44. The van der Waals surface area contributed by atoms with Gasteiger partial charge in [-0.15, -0.1) is 23.1 Å². The molecule has 1 aromatic heterocycles. The van der Waals surface area contributed by atoms with E-state index in [4.69, 9.17) is 10.6 Å². The fourth-order valence-electron chi connectivity index (χ4n) is 2.94. The van der Waals surface area contributed by atoms with Crippen molar-refractivity contribution in [3.8, 4) is 0 Å². The second-order valence-corrected chi connectivity index (χ2v) is 8.70. The zero-order valence-corrected chi connectivity index (χ0v) is 18.4. The van der Waals surface area contributed by atoms with Crippen molar-refractivity contribution in [2.75, 3.05) is 18.2 Å². The first-order valence-corrected chi connectivity index (χ1v) is 10.9. The highest BCUT2D eigenvalue weighted by atomic mass is 32.2. The summed E-state index contributed by atoms with van der Waals surface area (Å²) in [5, 5.41) is 19.3. The smallest absolute Gasteiger partial charge is 0.352 e. The predicted octanol–water partition coefficient (Wildman–Crippen LogP) is -0.462. The maximum absolute atomic E-state index is 12.8. The highest BCUT2D eigenvalue weighted by molar-refractivity contribution is 8.00. The average Bonchev–Trinajstić information content (AvgIpc) is 3.17. The second kappa shape index (κ2) is 9.03. The number of nitrogens with zero attached hydrogens (tertiary/aromatic N) is 3. The minimum absolute atomic E-state index is 0.0564. The van der Waals surface area contributed by atoms with Gasteiger partial charge in [-0.2, -0.15) is 0 Å². The molecule has 1 aromatic rings. The Labute approximate surface area is 184 Å². The lowest BCUT2D eigenvalue weighted by Gasteiger charge is -2.49. The maximum Gasteiger partial charge on any atom is 0.352 e. The molecule has 0 saturated carbocycles. The first kappa shape index (κ1) is 22.7. The highest BCUT2D eigenvalue weighted by Crippen LogP contribution is 2.40. The fourth-order valence-corrected chi connectivity index (χ4v) is 4.93. The van der Waals surface area contributed by atoms with Gasteiger partial charge in [0, 0.05) is 11.1 Å². The molecule has 2 aliphatic heterocycles. The molecule has 3 amide bonds. The number of carboxylic acid groups (broad SMARTS) is 1. The van der Waals surface area contributed by atoms with E-state index in [1.54, 1.807) is 6.92 Å². The Morgan fingerprint density at radius 2 is 2.16 bits per heavy atom. The van der Waals surface area contributed by atoms with E-state index in [9.17, 15) is 24.3 Å². The number of nitrogens with two attached hydrogens (primary N) is 1. The van der Waals surface area contributed by atoms with Gasteiger partial charge in [0.25, 0.3) is 11.8 Å². The summed E-state index contributed by atoms with van der Waals surface area (Å²) in [6, 6.07) is -1.66. The number of carbonyl (C=O) groups excluding carboxylic acids is 3. The number of hydrogen-bond acceptors (Lipinski definition) is 10. The van der Waals surface area contributed by atoms with Crippen molar-refractivity contribution in [1.82, 2.24) is 15.2 Å². The van der Waals surface area contributed by atoms with Crippen LogP contribution >= 0.6 is 23.1 Å². The van der Waals surface area contributed by atoms with E-state index >= 15 is 0 Å². The molecule has 0 aliphatic carbocycles. The number of aliphatic carboxylic acids is 1. The van der Waals surface area contributed by atoms with Gasteiger partial charge in [0.1, 0.15) is 29.9 Å². The third kappa shape index (κ3) is 4.40. The SMILES string of the molecule is CO/N=C(\C(=O)NC1C(=O)N2C(C(=O)O)=C(C)CS[C@H]12)c1csc(NC(=O)[C@H](C)N)n1. The van der Waals surface area contributed by atoms with E-state index in [1.807, 2.05) is 0 Å². The number of amides is 3. The van der Waals surface area contributed by atoms with Gasteiger partial charge in [-0.25, -0.2) is 9.78 Å². The van der Waals surface area contributed by atoms with Gasteiger partial charge in [0.2, 0.25) is 5.91 Å². The van der Waals surface area contributed by atoms with Crippen LogP contribution < -0.4 is 16.4 Å². The fraction of sp³-hybridized carbons (Fsp3) is 0.412. The number of carboxylic acids is 1. The number of oxime groups is 1. The summed E-state index contributed by atoms with van der Waals surface area (Å²) in [5.74, 6) is -2.45. The lowest BCUT2D eigenvalue weighted by Crippen LogP contribution is -2.71. The summed E-state index contributed by atoms with van der Waals surface area (Å²) >= 11 is 2.42. The van der Waals surface area contributed by atoms with Crippen molar-refractivity contribution in [3.63, 3.8) is 0 Å². The summed E-state index contributed by atoms with van der Waals surface area (Å²) in [6.07, 6.45) is 0. The van der Waals surface area contributed by atoms with E-state index in [0.29, 0.717) is 11.3 Å². The molecule has 166 valence electrons. The zero-order valence-electron chi connectivity index (χ0n) is 16.7. The molecule has 14 heteroatoms. The molecule has 0 bridgehead atoms. The second-order valence-electron chi connectivity index (χ2n) is 6.73. The molecule has 5 N–H and O–H groups in total. The van der Waals surface area contributed by atoms with Gasteiger partial charge in [-0.05, 0) is 19.4 Å². The molecule has 0 aromatic carbocycles. The number of thioether (sulfide) groups is 1. The molecule has 2 aliphatic rings. The van der Waals surface area contributed by atoms with Gasteiger partial charge in [-0.3, -0.25) is 19.3 Å². The predicted molar refractivity (Wildman–Crippen MR) is 113 cm³/mol. The van der Waals surface area contributed by atoms with Crippen LogP contribution in [0.4, 0.5) is 5.13 Å². The Kier molecular flexibility index (Phi) is 6.62. The topological polar surface area (TPSA) is 176 Å². The van der Waals surface area contributed by atoms with Gasteiger partial charge in [-0.1, -0.05) is 5.16 Å². The lowest BCUT2D eigenvalue weighted by molar-refractivity contribution is -0.150.